The number of rotatable bonds is 6. The van der Waals surface area contributed by atoms with E-state index in [1.54, 1.807) is 0 Å². The second-order valence-corrected chi connectivity index (χ2v) is 6.25. The Morgan fingerprint density at radius 2 is 1.88 bits per heavy atom. The first kappa shape index (κ1) is 16.6. The third kappa shape index (κ3) is 3.46. The van der Waals surface area contributed by atoms with E-state index in [1.807, 2.05) is 31.2 Å². The Morgan fingerprint density at radius 3 is 2.58 bits per heavy atom. The smallest absolute Gasteiger partial charge is 0.186 e. The minimum absolute atomic E-state index is 0.0222. The Morgan fingerprint density at radius 1 is 1.12 bits per heavy atom. The first-order chi connectivity index (χ1) is 11.6. The molecular formula is C17H15F3N2OS. The van der Waals surface area contributed by atoms with Gasteiger partial charge in [-0.25, -0.2) is 18.2 Å². The fraction of sp³-hybridized carbons (Fsp3) is 0.235. The summed E-state index contributed by atoms with van der Waals surface area (Å²) >= 11 is 1.00. The molecule has 0 aliphatic heterocycles. The number of thiazole rings is 1. The number of nitrogens with zero attached hydrogens (tertiary/aromatic N) is 1. The van der Waals surface area contributed by atoms with Crippen LogP contribution in [0.25, 0.3) is 10.2 Å². The first-order valence-electron chi connectivity index (χ1n) is 7.48. The normalized spacial score (nSPS) is 11.0. The lowest BCUT2D eigenvalue weighted by molar-refractivity contribution is 0.317. The van der Waals surface area contributed by atoms with Crippen LogP contribution in [0.3, 0.4) is 0 Å². The number of halogens is 3. The van der Waals surface area contributed by atoms with E-state index in [2.05, 4.69) is 10.3 Å². The van der Waals surface area contributed by atoms with Gasteiger partial charge in [0.05, 0.1) is 17.9 Å². The number of fused-ring (bicyclic) bond motifs is 1. The lowest BCUT2D eigenvalue weighted by Crippen LogP contribution is -1.99. The van der Waals surface area contributed by atoms with Crippen molar-refractivity contribution in [1.29, 1.82) is 0 Å². The molecule has 0 bridgehead atoms. The minimum Gasteiger partial charge on any atom is -0.494 e. The highest BCUT2D eigenvalue weighted by Crippen LogP contribution is 2.29. The number of ether oxygens (including phenoxy) is 1. The summed E-state index contributed by atoms with van der Waals surface area (Å²) in [6.45, 7) is 2.98. The van der Waals surface area contributed by atoms with Crippen molar-refractivity contribution in [1.82, 2.24) is 4.98 Å². The van der Waals surface area contributed by atoms with E-state index in [9.17, 15) is 13.2 Å². The molecule has 0 spiro atoms. The Bertz CT molecular complexity index is 849. The highest BCUT2D eigenvalue weighted by molar-refractivity contribution is 7.18. The van der Waals surface area contributed by atoms with Crippen LogP contribution >= 0.6 is 11.3 Å². The summed E-state index contributed by atoms with van der Waals surface area (Å²) < 4.78 is 46.1. The summed E-state index contributed by atoms with van der Waals surface area (Å²) in [7, 11) is 0. The van der Waals surface area contributed by atoms with Gasteiger partial charge in [0, 0.05) is 11.8 Å². The van der Waals surface area contributed by atoms with Crippen LogP contribution in [-0.2, 0) is 6.54 Å². The number of hydrogen-bond donors (Lipinski definition) is 1. The van der Waals surface area contributed by atoms with Gasteiger partial charge >= 0.3 is 0 Å². The predicted molar refractivity (Wildman–Crippen MR) is 89.0 cm³/mol. The van der Waals surface area contributed by atoms with Gasteiger partial charge in [-0.15, -0.1) is 11.3 Å². The average Bonchev–Trinajstić information content (AvgIpc) is 3.02. The topological polar surface area (TPSA) is 34.1 Å². The van der Waals surface area contributed by atoms with Crippen molar-refractivity contribution in [3.8, 4) is 5.75 Å². The molecule has 2 aromatic carbocycles. The lowest BCUT2D eigenvalue weighted by atomic mass is 10.3. The molecule has 1 aromatic heterocycles. The quantitative estimate of drug-likeness (QED) is 0.626. The number of hydrogen-bond acceptors (Lipinski definition) is 4. The molecule has 3 nitrogen and oxygen atoms in total. The molecule has 126 valence electrons. The zero-order valence-electron chi connectivity index (χ0n) is 12.9. The van der Waals surface area contributed by atoms with E-state index in [4.69, 9.17) is 4.74 Å². The Hall–Kier alpha value is -2.28. The standard InChI is InChI=1S/C17H15F3N2OS/c1-2-7-23-11-5-3-10(4-6-11)21-9-14-22-16-15(20)12(18)8-13(19)17(16)24-14/h3-6,8,21H,2,7,9H2,1H3. The average molecular weight is 352 g/mol. The highest BCUT2D eigenvalue weighted by Gasteiger charge is 2.17. The summed E-state index contributed by atoms with van der Waals surface area (Å²) in [5, 5.41) is 3.58. The van der Waals surface area contributed by atoms with Gasteiger partial charge in [-0.1, -0.05) is 6.92 Å². The van der Waals surface area contributed by atoms with Gasteiger partial charge in [0.2, 0.25) is 0 Å². The van der Waals surface area contributed by atoms with Crippen LogP contribution < -0.4 is 10.1 Å². The maximum absolute atomic E-state index is 13.7. The molecule has 1 N–H and O–H groups in total. The van der Waals surface area contributed by atoms with Crippen LogP contribution in [0.1, 0.15) is 18.4 Å². The monoisotopic (exact) mass is 352 g/mol. The van der Waals surface area contributed by atoms with E-state index >= 15 is 0 Å². The number of aromatic nitrogens is 1. The van der Waals surface area contributed by atoms with Gasteiger partial charge in [0.15, 0.2) is 11.6 Å². The molecule has 3 rings (SSSR count). The van der Waals surface area contributed by atoms with E-state index < -0.39 is 17.5 Å². The van der Waals surface area contributed by atoms with Crippen molar-refractivity contribution in [2.45, 2.75) is 19.9 Å². The van der Waals surface area contributed by atoms with E-state index in [1.165, 1.54) is 0 Å². The third-order valence-electron chi connectivity index (χ3n) is 3.33. The SMILES string of the molecule is CCCOc1ccc(NCc2nc3c(F)c(F)cc(F)c3s2)cc1. The lowest BCUT2D eigenvalue weighted by Gasteiger charge is -2.07. The molecule has 3 aromatic rings. The van der Waals surface area contributed by atoms with Crippen LogP contribution in [0, 0.1) is 17.5 Å². The van der Waals surface area contributed by atoms with Gasteiger partial charge in [-0.3, -0.25) is 0 Å². The van der Waals surface area contributed by atoms with E-state index in [0.717, 1.165) is 29.2 Å². The molecule has 0 saturated heterocycles. The zero-order valence-corrected chi connectivity index (χ0v) is 13.7. The maximum atomic E-state index is 13.7. The van der Waals surface area contributed by atoms with Gasteiger partial charge < -0.3 is 10.1 Å². The number of anilines is 1. The van der Waals surface area contributed by atoms with Gasteiger partial charge in [-0.2, -0.15) is 0 Å². The maximum Gasteiger partial charge on any atom is 0.186 e. The molecule has 0 aliphatic rings. The summed E-state index contributed by atoms with van der Waals surface area (Å²) in [6, 6.07) is 7.91. The van der Waals surface area contributed by atoms with Crippen molar-refractivity contribution < 1.29 is 17.9 Å². The Labute approximate surface area is 141 Å². The summed E-state index contributed by atoms with van der Waals surface area (Å²) in [6.07, 6.45) is 0.936. The third-order valence-corrected chi connectivity index (χ3v) is 4.39. The largest absolute Gasteiger partial charge is 0.494 e. The van der Waals surface area contributed by atoms with E-state index in [0.29, 0.717) is 17.7 Å². The zero-order chi connectivity index (χ0) is 17.1. The van der Waals surface area contributed by atoms with Crippen LogP contribution in [0.4, 0.5) is 18.9 Å². The highest BCUT2D eigenvalue weighted by atomic mass is 32.1. The first-order valence-corrected chi connectivity index (χ1v) is 8.29. The molecular weight excluding hydrogens is 337 g/mol. The number of nitrogens with one attached hydrogen (secondary N) is 1. The van der Waals surface area contributed by atoms with Crippen LogP contribution in [-0.4, -0.2) is 11.6 Å². The van der Waals surface area contributed by atoms with Crippen molar-refractivity contribution in [2.75, 3.05) is 11.9 Å². The fourth-order valence-corrected chi connectivity index (χ4v) is 3.08. The summed E-state index contributed by atoms with van der Waals surface area (Å²) in [5.41, 5.74) is 0.558. The fourth-order valence-electron chi connectivity index (χ4n) is 2.17. The van der Waals surface area contributed by atoms with Crippen molar-refractivity contribution in [3.63, 3.8) is 0 Å². The van der Waals surface area contributed by atoms with Crippen LogP contribution in [0.2, 0.25) is 0 Å². The van der Waals surface area contributed by atoms with Crippen LogP contribution in [0.15, 0.2) is 30.3 Å². The molecule has 24 heavy (non-hydrogen) atoms. The van der Waals surface area contributed by atoms with E-state index in [-0.39, 0.29) is 16.8 Å². The van der Waals surface area contributed by atoms with Crippen molar-refractivity contribution in [3.05, 3.63) is 52.8 Å². The molecule has 0 fully saturated rings. The summed E-state index contributed by atoms with van der Waals surface area (Å²) in [5.74, 6) is -2.37. The summed E-state index contributed by atoms with van der Waals surface area (Å²) in [4.78, 5) is 3.98. The van der Waals surface area contributed by atoms with Gasteiger partial charge in [0.25, 0.3) is 0 Å². The number of benzene rings is 2. The Kier molecular flexibility index (Phi) is 4.89. The van der Waals surface area contributed by atoms with Gasteiger partial charge in [-0.05, 0) is 30.7 Å². The van der Waals surface area contributed by atoms with Crippen molar-refractivity contribution in [2.24, 2.45) is 0 Å². The second kappa shape index (κ2) is 7.09. The molecule has 7 heteroatoms. The molecule has 0 radical (unpaired) electrons. The molecule has 0 unspecified atom stereocenters. The van der Waals surface area contributed by atoms with Gasteiger partial charge in [0.1, 0.15) is 22.1 Å². The molecule has 1 heterocycles. The van der Waals surface area contributed by atoms with Crippen molar-refractivity contribution >= 4 is 27.2 Å². The second-order valence-electron chi connectivity index (χ2n) is 5.17. The molecule has 0 aliphatic carbocycles. The Balaban J connectivity index is 1.71. The molecule has 0 saturated carbocycles. The molecule has 0 atom stereocenters. The van der Waals surface area contributed by atoms with Crippen LogP contribution in [0.5, 0.6) is 5.75 Å². The predicted octanol–water partition coefficient (Wildman–Crippen LogP) is 5.11. The minimum atomic E-state index is -1.23. The molecule has 0 amide bonds.